The van der Waals surface area contributed by atoms with Gasteiger partial charge < -0.3 is 10.1 Å². The van der Waals surface area contributed by atoms with Gasteiger partial charge in [0.05, 0.1) is 15.4 Å². The van der Waals surface area contributed by atoms with E-state index in [9.17, 15) is 14.9 Å². The van der Waals surface area contributed by atoms with Gasteiger partial charge in [0.25, 0.3) is 11.6 Å². The molecule has 0 unspecified atom stereocenters. The van der Waals surface area contributed by atoms with Gasteiger partial charge in [-0.2, -0.15) is 0 Å². The van der Waals surface area contributed by atoms with Crippen LogP contribution in [0.3, 0.4) is 0 Å². The monoisotopic (exact) mass is 484 g/mol. The van der Waals surface area contributed by atoms with E-state index in [2.05, 4.69) is 21.2 Å². The van der Waals surface area contributed by atoms with E-state index in [4.69, 9.17) is 28.6 Å². The highest BCUT2D eigenvalue weighted by Crippen LogP contribution is 2.32. The van der Waals surface area contributed by atoms with Crippen molar-refractivity contribution in [1.29, 1.82) is 0 Å². The van der Waals surface area contributed by atoms with Crippen LogP contribution < -0.4 is 10.1 Å². The van der Waals surface area contributed by atoms with Gasteiger partial charge in [-0.15, -0.1) is 0 Å². The SMILES string of the molecule is O=C1NC(=S)SC1=Cc1cc(Br)ccc1OCc1ccc(Cl)cc1[N+](=O)[O-]. The molecule has 138 valence electrons. The Balaban J connectivity index is 1.89. The van der Waals surface area contributed by atoms with Gasteiger partial charge in [-0.1, -0.05) is 51.5 Å². The highest BCUT2D eigenvalue weighted by molar-refractivity contribution is 9.10. The standard InChI is InChI=1S/C17H10BrClN2O4S2/c18-11-2-4-14(10(5-11)6-15-16(22)20-17(26)27-15)25-8-9-1-3-12(19)7-13(9)21(23)24/h1-7H,8H2,(H,20,22,26). The molecule has 0 saturated carbocycles. The lowest BCUT2D eigenvalue weighted by Gasteiger charge is -2.11. The van der Waals surface area contributed by atoms with Gasteiger partial charge in [0.15, 0.2) is 0 Å². The van der Waals surface area contributed by atoms with E-state index in [-0.39, 0.29) is 23.2 Å². The summed E-state index contributed by atoms with van der Waals surface area (Å²) in [4.78, 5) is 23.0. The molecule has 0 radical (unpaired) electrons. The number of carbonyl (C=O) groups is 1. The maximum atomic E-state index is 11.9. The number of halogens is 2. The van der Waals surface area contributed by atoms with E-state index >= 15 is 0 Å². The zero-order valence-electron chi connectivity index (χ0n) is 13.4. The Kier molecular flexibility index (Phi) is 6.15. The van der Waals surface area contributed by atoms with Crippen LogP contribution in [0.2, 0.25) is 5.02 Å². The number of amides is 1. The molecule has 0 atom stereocenters. The molecular weight excluding hydrogens is 476 g/mol. The molecule has 10 heteroatoms. The Bertz CT molecular complexity index is 997. The normalized spacial score (nSPS) is 15.1. The second-order valence-electron chi connectivity index (χ2n) is 5.35. The molecule has 1 heterocycles. The number of ether oxygens (including phenoxy) is 1. The van der Waals surface area contributed by atoms with Crippen LogP contribution in [0.1, 0.15) is 11.1 Å². The fourth-order valence-corrected chi connectivity index (χ4v) is 3.89. The molecule has 1 aliphatic rings. The quantitative estimate of drug-likeness (QED) is 0.275. The molecule has 1 saturated heterocycles. The average molecular weight is 486 g/mol. The van der Waals surface area contributed by atoms with Crippen molar-refractivity contribution in [3.63, 3.8) is 0 Å². The predicted octanol–water partition coefficient (Wildman–Crippen LogP) is 5.08. The minimum Gasteiger partial charge on any atom is -0.488 e. The van der Waals surface area contributed by atoms with Crippen LogP contribution in [0, 0.1) is 10.1 Å². The zero-order valence-corrected chi connectivity index (χ0v) is 17.4. The first kappa shape index (κ1) is 19.8. The van der Waals surface area contributed by atoms with Crippen LogP contribution >= 0.6 is 51.5 Å². The first-order valence-electron chi connectivity index (χ1n) is 7.43. The van der Waals surface area contributed by atoms with Gasteiger partial charge in [-0.05, 0) is 36.4 Å². The van der Waals surface area contributed by atoms with Gasteiger partial charge in [0.2, 0.25) is 0 Å². The van der Waals surface area contributed by atoms with Crippen LogP contribution in [0.15, 0.2) is 45.8 Å². The van der Waals surface area contributed by atoms with Crippen molar-refractivity contribution in [2.45, 2.75) is 6.61 Å². The number of nitro groups is 1. The van der Waals surface area contributed by atoms with E-state index in [1.165, 1.54) is 6.07 Å². The summed E-state index contributed by atoms with van der Waals surface area (Å²) in [7, 11) is 0. The van der Waals surface area contributed by atoms with E-state index in [1.54, 1.807) is 36.4 Å². The van der Waals surface area contributed by atoms with E-state index < -0.39 is 4.92 Å². The Morgan fingerprint density at radius 2 is 2.11 bits per heavy atom. The number of carbonyl (C=O) groups excluding carboxylic acids is 1. The molecule has 0 bridgehead atoms. The lowest BCUT2D eigenvalue weighted by molar-refractivity contribution is -0.385. The van der Waals surface area contributed by atoms with Crippen molar-refractivity contribution in [2.24, 2.45) is 0 Å². The van der Waals surface area contributed by atoms with Crippen LogP contribution in [-0.4, -0.2) is 15.2 Å². The van der Waals surface area contributed by atoms with Crippen LogP contribution in [0.5, 0.6) is 5.75 Å². The maximum Gasteiger partial charge on any atom is 0.277 e. The van der Waals surface area contributed by atoms with Gasteiger partial charge in [-0.3, -0.25) is 14.9 Å². The average Bonchev–Trinajstić information content (AvgIpc) is 2.92. The first-order valence-corrected chi connectivity index (χ1v) is 9.83. The molecule has 0 aliphatic carbocycles. The summed E-state index contributed by atoms with van der Waals surface area (Å²) in [5, 5.41) is 14.0. The molecule has 0 spiro atoms. The zero-order chi connectivity index (χ0) is 19.6. The number of rotatable bonds is 5. The summed E-state index contributed by atoms with van der Waals surface area (Å²) < 4.78 is 6.98. The van der Waals surface area contributed by atoms with Crippen LogP contribution in [-0.2, 0) is 11.4 Å². The van der Waals surface area contributed by atoms with Crippen molar-refractivity contribution < 1.29 is 14.5 Å². The van der Waals surface area contributed by atoms with E-state index in [0.717, 1.165) is 16.2 Å². The minimum absolute atomic E-state index is 0.0248. The van der Waals surface area contributed by atoms with E-state index in [0.29, 0.717) is 26.1 Å². The van der Waals surface area contributed by atoms with Crippen LogP contribution in [0.4, 0.5) is 5.69 Å². The number of nitrogens with zero attached hydrogens (tertiary/aromatic N) is 1. The number of nitrogens with one attached hydrogen (secondary N) is 1. The minimum atomic E-state index is -0.504. The molecule has 0 aromatic heterocycles. The highest BCUT2D eigenvalue weighted by Gasteiger charge is 2.23. The largest absolute Gasteiger partial charge is 0.488 e. The van der Waals surface area contributed by atoms with Gasteiger partial charge in [-0.25, -0.2) is 0 Å². The Hall–Kier alpha value is -1.94. The van der Waals surface area contributed by atoms with Crippen molar-refractivity contribution in [3.8, 4) is 5.75 Å². The molecule has 1 aliphatic heterocycles. The topological polar surface area (TPSA) is 81.5 Å². The summed E-state index contributed by atoms with van der Waals surface area (Å²) in [5.41, 5.74) is 0.916. The smallest absolute Gasteiger partial charge is 0.277 e. The number of hydrogen-bond acceptors (Lipinski definition) is 6. The highest BCUT2D eigenvalue weighted by atomic mass is 79.9. The molecular formula is C17H10BrClN2O4S2. The second-order valence-corrected chi connectivity index (χ2v) is 8.42. The lowest BCUT2D eigenvalue weighted by atomic mass is 10.1. The van der Waals surface area contributed by atoms with Crippen molar-refractivity contribution in [1.82, 2.24) is 5.32 Å². The summed E-state index contributed by atoms with van der Waals surface area (Å²) in [6.45, 7) is -0.0248. The summed E-state index contributed by atoms with van der Waals surface area (Å²) >= 11 is 15.4. The Morgan fingerprint density at radius 1 is 1.33 bits per heavy atom. The second kappa shape index (κ2) is 8.39. The third kappa shape index (κ3) is 4.86. The Morgan fingerprint density at radius 3 is 2.78 bits per heavy atom. The van der Waals surface area contributed by atoms with Gasteiger partial charge >= 0.3 is 0 Å². The lowest BCUT2D eigenvalue weighted by Crippen LogP contribution is -2.17. The molecule has 2 aromatic carbocycles. The molecule has 2 aromatic rings. The third-order valence-corrected chi connectivity index (χ3v) is 5.42. The van der Waals surface area contributed by atoms with Gasteiger partial charge in [0.1, 0.15) is 16.7 Å². The Labute approximate surface area is 177 Å². The van der Waals surface area contributed by atoms with Gasteiger partial charge in [0, 0.05) is 21.1 Å². The maximum absolute atomic E-state index is 11.9. The fraction of sp³-hybridized carbons (Fsp3) is 0.0588. The van der Waals surface area contributed by atoms with E-state index in [1.807, 2.05) is 0 Å². The third-order valence-electron chi connectivity index (χ3n) is 3.53. The number of thiocarbonyl (C=S) groups is 1. The molecule has 1 fully saturated rings. The molecule has 3 rings (SSSR count). The number of benzene rings is 2. The number of hydrogen-bond donors (Lipinski definition) is 1. The van der Waals surface area contributed by atoms with Crippen LogP contribution in [0.25, 0.3) is 6.08 Å². The summed E-state index contributed by atoms with van der Waals surface area (Å²) in [6.07, 6.45) is 1.66. The first-order chi connectivity index (χ1) is 12.8. The fourth-order valence-electron chi connectivity index (χ4n) is 2.31. The van der Waals surface area contributed by atoms with Crippen molar-refractivity contribution in [3.05, 3.63) is 72.0 Å². The number of nitro benzene ring substituents is 1. The predicted molar refractivity (Wildman–Crippen MR) is 113 cm³/mol. The van der Waals surface area contributed by atoms with Crippen molar-refractivity contribution in [2.75, 3.05) is 0 Å². The summed E-state index contributed by atoms with van der Waals surface area (Å²) in [5.74, 6) is 0.199. The summed E-state index contributed by atoms with van der Waals surface area (Å²) in [6, 6.07) is 9.68. The number of thioether (sulfide) groups is 1. The molecule has 1 N–H and O–H groups in total. The van der Waals surface area contributed by atoms with Crippen molar-refractivity contribution >= 4 is 73.5 Å². The molecule has 1 amide bonds. The molecule has 6 nitrogen and oxygen atoms in total. The molecule has 27 heavy (non-hydrogen) atoms.